The van der Waals surface area contributed by atoms with Gasteiger partial charge in [0.1, 0.15) is 0 Å². The van der Waals surface area contributed by atoms with E-state index in [1.54, 1.807) is 6.07 Å². The van der Waals surface area contributed by atoms with E-state index in [2.05, 4.69) is 21.3 Å². The van der Waals surface area contributed by atoms with Gasteiger partial charge in [-0.15, -0.1) is 12.4 Å². The van der Waals surface area contributed by atoms with Crippen LogP contribution in [0.15, 0.2) is 42.5 Å². The van der Waals surface area contributed by atoms with Gasteiger partial charge in [0.15, 0.2) is 0 Å². The van der Waals surface area contributed by atoms with Gasteiger partial charge in [0.25, 0.3) is 0 Å². The molecular formula is C27H34ClF3N6O. The summed E-state index contributed by atoms with van der Waals surface area (Å²) in [5, 5.41) is 4.26. The number of piperazine rings is 1. The fraction of sp³-hybridized carbons (Fsp3) is 0.407. The van der Waals surface area contributed by atoms with Crippen LogP contribution in [0.5, 0.6) is 0 Å². The molecule has 3 aromatic rings. The Morgan fingerprint density at radius 2 is 1.79 bits per heavy atom. The molecule has 206 valence electrons. The van der Waals surface area contributed by atoms with Crippen molar-refractivity contribution in [1.29, 1.82) is 0 Å². The normalized spacial score (nSPS) is 14.9. The van der Waals surface area contributed by atoms with E-state index in [1.165, 1.54) is 0 Å². The Morgan fingerprint density at radius 3 is 2.42 bits per heavy atom. The fourth-order valence-electron chi connectivity index (χ4n) is 4.65. The summed E-state index contributed by atoms with van der Waals surface area (Å²) < 4.78 is 40.0. The van der Waals surface area contributed by atoms with Crippen LogP contribution >= 0.6 is 12.4 Å². The number of alkyl halides is 3. The number of likely N-dealkylation sites (N-methyl/N-ethyl adjacent to an activating group) is 1. The summed E-state index contributed by atoms with van der Waals surface area (Å²) in [6, 6.07) is 11.1. The van der Waals surface area contributed by atoms with Crippen molar-refractivity contribution in [3.8, 4) is 0 Å². The predicted molar refractivity (Wildman–Crippen MR) is 149 cm³/mol. The molecule has 2 aromatic carbocycles. The smallest absolute Gasteiger partial charge is 0.399 e. The Morgan fingerprint density at radius 1 is 1.11 bits per heavy atom. The summed E-state index contributed by atoms with van der Waals surface area (Å²) in [6.45, 7) is 6.82. The number of nitrogen functional groups attached to an aromatic ring is 1. The molecule has 1 saturated heterocycles. The number of fused-ring (bicyclic) bond motifs is 1. The van der Waals surface area contributed by atoms with Crippen LogP contribution in [0.25, 0.3) is 10.9 Å². The molecule has 3 N–H and O–H groups in total. The minimum atomic E-state index is -4.47. The zero-order chi connectivity index (χ0) is 26.9. The van der Waals surface area contributed by atoms with Gasteiger partial charge in [-0.05, 0) is 76.0 Å². The van der Waals surface area contributed by atoms with Crippen molar-refractivity contribution >= 4 is 46.3 Å². The number of anilines is 3. The molecule has 7 nitrogen and oxygen atoms in total. The second kappa shape index (κ2) is 11.7. The first-order valence-corrected chi connectivity index (χ1v) is 12.2. The third kappa shape index (κ3) is 6.79. The van der Waals surface area contributed by atoms with Crippen LogP contribution in [0.1, 0.15) is 29.8 Å². The number of nitrogens with two attached hydrogens (primary N) is 1. The number of pyridine rings is 1. The van der Waals surface area contributed by atoms with Crippen molar-refractivity contribution in [3.05, 3.63) is 59.3 Å². The lowest BCUT2D eigenvalue weighted by atomic mass is 10.0. The highest BCUT2D eigenvalue weighted by Gasteiger charge is 2.31. The van der Waals surface area contributed by atoms with Gasteiger partial charge in [0.05, 0.1) is 17.6 Å². The molecule has 2 heterocycles. The van der Waals surface area contributed by atoms with Gasteiger partial charge in [-0.2, -0.15) is 13.2 Å². The van der Waals surface area contributed by atoms with Crippen molar-refractivity contribution in [2.45, 2.75) is 26.1 Å². The molecule has 38 heavy (non-hydrogen) atoms. The predicted octanol–water partition coefficient (Wildman–Crippen LogP) is 4.95. The number of hydrogen-bond donors (Lipinski definition) is 2. The number of nitrogens with one attached hydrogen (secondary N) is 1. The topological polar surface area (TPSA) is 77.7 Å². The molecule has 0 unspecified atom stereocenters. The molecular weight excluding hydrogens is 517 g/mol. The molecule has 1 fully saturated rings. The Bertz CT molecular complexity index is 1290. The number of carbonyl (C=O) groups is 1. The molecule has 0 aliphatic carbocycles. The Kier molecular flexibility index (Phi) is 8.99. The number of nitrogens with zero attached hydrogens (tertiary/aromatic N) is 4. The highest BCUT2D eigenvalue weighted by atomic mass is 35.5. The first kappa shape index (κ1) is 29.3. The Labute approximate surface area is 227 Å². The van der Waals surface area contributed by atoms with E-state index in [4.69, 9.17) is 5.73 Å². The van der Waals surface area contributed by atoms with Gasteiger partial charge in [-0.1, -0.05) is 0 Å². The highest BCUT2D eigenvalue weighted by molar-refractivity contribution is 5.94. The maximum absolute atomic E-state index is 13.3. The monoisotopic (exact) mass is 550 g/mol. The van der Waals surface area contributed by atoms with Gasteiger partial charge in [-0.25, -0.2) is 0 Å². The summed E-state index contributed by atoms with van der Waals surface area (Å²) in [5.74, 6) is 0.124. The zero-order valence-corrected chi connectivity index (χ0v) is 22.8. The summed E-state index contributed by atoms with van der Waals surface area (Å²) >= 11 is 0. The second-order valence-corrected chi connectivity index (χ2v) is 9.87. The van der Waals surface area contributed by atoms with Crippen molar-refractivity contribution in [2.75, 3.05) is 62.8 Å². The van der Waals surface area contributed by atoms with Crippen LogP contribution < -0.4 is 16.0 Å². The van der Waals surface area contributed by atoms with Crippen molar-refractivity contribution in [3.63, 3.8) is 0 Å². The van der Waals surface area contributed by atoms with E-state index >= 15 is 0 Å². The van der Waals surface area contributed by atoms with E-state index in [-0.39, 0.29) is 24.0 Å². The van der Waals surface area contributed by atoms with Crippen LogP contribution in [-0.4, -0.2) is 67.5 Å². The number of aromatic nitrogens is 1. The Hall–Kier alpha value is -3.24. The lowest BCUT2D eigenvalue weighted by Crippen LogP contribution is -2.50. The second-order valence-electron chi connectivity index (χ2n) is 9.87. The van der Waals surface area contributed by atoms with Crippen molar-refractivity contribution in [1.82, 2.24) is 14.8 Å². The summed E-state index contributed by atoms with van der Waals surface area (Å²) in [7, 11) is 3.76. The lowest BCUT2D eigenvalue weighted by Gasteiger charge is -2.36. The average Bonchev–Trinajstić information content (AvgIpc) is 2.82. The number of amides is 1. The molecule has 1 aromatic heterocycles. The molecule has 1 aliphatic rings. The maximum atomic E-state index is 13.3. The molecule has 1 atom stereocenters. The van der Waals surface area contributed by atoms with Crippen molar-refractivity contribution in [2.24, 2.45) is 0 Å². The van der Waals surface area contributed by atoms with Crippen LogP contribution in [0, 0.1) is 6.92 Å². The molecule has 0 radical (unpaired) electrons. The number of aryl methyl sites for hydroxylation is 1. The molecule has 0 spiro atoms. The van der Waals surface area contributed by atoms with Gasteiger partial charge >= 0.3 is 6.18 Å². The molecule has 1 amide bonds. The zero-order valence-electron chi connectivity index (χ0n) is 22.0. The van der Waals surface area contributed by atoms with E-state index in [9.17, 15) is 18.0 Å². The quantitative estimate of drug-likeness (QED) is 0.423. The van der Waals surface area contributed by atoms with Crippen LogP contribution in [-0.2, 0) is 11.0 Å². The van der Waals surface area contributed by atoms with Gasteiger partial charge in [0.2, 0.25) is 5.91 Å². The van der Waals surface area contributed by atoms with Gasteiger partial charge < -0.3 is 25.8 Å². The van der Waals surface area contributed by atoms with Gasteiger partial charge in [-0.3, -0.25) is 9.78 Å². The third-order valence-corrected chi connectivity index (χ3v) is 6.55. The number of halogens is 4. The minimum Gasteiger partial charge on any atom is -0.399 e. The van der Waals surface area contributed by atoms with Gasteiger partial charge in [0, 0.05) is 60.4 Å². The first-order valence-electron chi connectivity index (χ1n) is 12.2. The minimum absolute atomic E-state index is 0. The van der Waals surface area contributed by atoms with Crippen LogP contribution in [0.2, 0.25) is 0 Å². The van der Waals surface area contributed by atoms with Crippen molar-refractivity contribution < 1.29 is 18.0 Å². The number of hydrogen-bond acceptors (Lipinski definition) is 6. The maximum Gasteiger partial charge on any atom is 0.416 e. The largest absolute Gasteiger partial charge is 0.416 e. The third-order valence-electron chi connectivity index (χ3n) is 6.55. The lowest BCUT2D eigenvalue weighted by molar-refractivity contribution is -0.137. The average molecular weight is 551 g/mol. The standard InChI is InChI=1S/C27H33F3N6O.ClH/c1-17-11-25(33-18(2)19-12-20(27(28,29)30)14-21(31)13-19)23-15-22(5-6-24(23)32-17)35-7-9-36(10-8-35)26(37)16-34(3)4;/h5-6,11-15,18H,7-10,16,31H2,1-4H3,(H,32,33);1H/t18-;/m1./s1. The molecule has 4 rings (SSSR count). The van der Waals surface area contributed by atoms with E-state index in [0.717, 1.165) is 40.1 Å². The molecule has 11 heteroatoms. The summed E-state index contributed by atoms with van der Waals surface area (Å²) in [4.78, 5) is 23.0. The summed E-state index contributed by atoms with van der Waals surface area (Å²) in [6.07, 6.45) is -4.47. The molecule has 0 bridgehead atoms. The van der Waals surface area contributed by atoms with E-state index in [0.29, 0.717) is 38.3 Å². The van der Waals surface area contributed by atoms with E-state index in [1.807, 2.05) is 55.9 Å². The number of rotatable bonds is 6. The highest BCUT2D eigenvalue weighted by Crippen LogP contribution is 2.35. The first-order chi connectivity index (χ1) is 17.4. The molecule has 0 saturated carbocycles. The fourth-order valence-corrected chi connectivity index (χ4v) is 4.65. The SMILES string of the molecule is Cc1cc(N[C@H](C)c2cc(N)cc(C(F)(F)F)c2)c2cc(N3CCN(C(=O)CN(C)C)CC3)ccc2n1.Cl. The van der Waals surface area contributed by atoms with Crippen LogP contribution in [0.3, 0.4) is 0 Å². The number of benzene rings is 2. The van der Waals surface area contributed by atoms with Crippen LogP contribution in [0.4, 0.5) is 30.2 Å². The molecule has 1 aliphatic heterocycles. The Balaban J connectivity index is 0.00000400. The van der Waals surface area contributed by atoms with E-state index < -0.39 is 17.8 Å². The summed E-state index contributed by atoms with van der Waals surface area (Å²) in [5.41, 5.74) is 8.92. The number of carbonyl (C=O) groups excluding carboxylic acids is 1.